The minimum absolute atomic E-state index is 0.0331. The maximum absolute atomic E-state index is 11.7. The van der Waals surface area contributed by atoms with Gasteiger partial charge in [0.1, 0.15) is 11.5 Å². The minimum Gasteiger partial charge on any atom is -0.365 e. The summed E-state index contributed by atoms with van der Waals surface area (Å²) in [6, 6.07) is -0.101. The topological polar surface area (TPSA) is 101 Å². The Kier molecular flexibility index (Phi) is 4.22. The molecule has 1 atom stereocenters. The number of sulfone groups is 1. The summed E-state index contributed by atoms with van der Waals surface area (Å²) in [5, 5.41) is 5.74. The number of carbonyl (C=O) groups is 1. The van der Waals surface area contributed by atoms with Gasteiger partial charge >= 0.3 is 0 Å². The number of carbonyl (C=O) groups excluding carboxylic acids is 1. The first kappa shape index (κ1) is 14.7. The van der Waals surface area contributed by atoms with Crippen molar-refractivity contribution in [2.24, 2.45) is 0 Å². The van der Waals surface area contributed by atoms with Gasteiger partial charge in [-0.2, -0.15) is 0 Å². The molecule has 0 aromatic carbocycles. The van der Waals surface area contributed by atoms with Gasteiger partial charge in [-0.15, -0.1) is 0 Å². The lowest BCUT2D eigenvalue weighted by Crippen LogP contribution is -2.31. The van der Waals surface area contributed by atoms with Gasteiger partial charge in [0.2, 0.25) is 0 Å². The average Bonchev–Trinajstić information content (AvgIpc) is 2.68. The van der Waals surface area contributed by atoms with Gasteiger partial charge in [0.25, 0.3) is 5.91 Å². The monoisotopic (exact) mass is 298 g/mol. The molecule has 8 heteroatoms. The number of rotatable bonds is 4. The largest absolute Gasteiger partial charge is 0.365 e. The molecule has 2 N–H and O–H groups in total. The van der Waals surface area contributed by atoms with Crippen LogP contribution >= 0.6 is 0 Å². The quantitative estimate of drug-likeness (QED) is 0.824. The standard InChI is InChI=1S/C12H18N4O3S/c1-8(2)15-12(17)10-5-14-11(6-13-10)16-9-3-4-20(18,19)7-9/h5-6,8-9H,3-4,7H2,1-2H3,(H,14,16)(H,15,17). The van der Waals surface area contributed by atoms with E-state index in [1.807, 2.05) is 13.8 Å². The van der Waals surface area contributed by atoms with Crippen LogP contribution in [0.5, 0.6) is 0 Å². The van der Waals surface area contributed by atoms with E-state index in [9.17, 15) is 13.2 Å². The van der Waals surface area contributed by atoms with E-state index in [0.29, 0.717) is 12.2 Å². The fourth-order valence-corrected chi connectivity index (χ4v) is 3.65. The van der Waals surface area contributed by atoms with Crippen molar-refractivity contribution in [2.45, 2.75) is 32.4 Å². The van der Waals surface area contributed by atoms with Crippen LogP contribution in [0, 0.1) is 0 Å². The first-order valence-corrected chi connectivity index (χ1v) is 8.28. The number of nitrogens with zero attached hydrogens (tertiary/aromatic N) is 2. The summed E-state index contributed by atoms with van der Waals surface area (Å²) in [6.45, 7) is 3.73. The van der Waals surface area contributed by atoms with Crippen molar-refractivity contribution >= 4 is 21.6 Å². The summed E-state index contributed by atoms with van der Waals surface area (Å²) < 4.78 is 22.7. The van der Waals surface area contributed by atoms with Crippen molar-refractivity contribution in [2.75, 3.05) is 16.8 Å². The molecule has 0 bridgehead atoms. The molecule has 1 fully saturated rings. The molecule has 1 aliphatic rings. The van der Waals surface area contributed by atoms with E-state index in [-0.39, 0.29) is 35.2 Å². The molecule has 0 saturated carbocycles. The molecule has 1 amide bonds. The molecule has 7 nitrogen and oxygen atoms in total. The summed E-state index contributed by atoms with van der Waals surface area (Å²) in [7, 11) is -2.93. The third kappa shape index (κ3) is 3.89. The van der Waals surface area contributed by atoms with Crippen molar-refractivity contribution in [3.63, 3.8) is 0 Å². The zero-order valence-corrected chi connectivity index (χ0v) is 12.3. The lowest BCUT2D eigenvalue weighted by atomic mass is 10.2. The second-order valence-electron chi connectivity index (χ2n) is 5.16. The van der Waals surface area contributed by atoms with E-state index < -0.39 is 9.84 Å². The van der Waals surface area contributed by atoms with Crippen LogP contribution in [0.3, 0.4) is 0 Å². The van der Waals surface area contributed by atoms with Gasteiger partial charge in [-0.1, -0.05) is 0 Å². The molecule has 1 aromatic heterocycles. The number of nitrogens with one attached hydrogen (secondary N) is 2. The van der Waals surface area contributed by atoms with Gasteiger partial charge in [-0.25, -0.2) is 18.4 Å². The van der Waals surface area contributed by atoms with Crippen molar-refractivity contribution in [1.29, 1.82) is 0 Å². The van der Waals surface area contributed by atoms with Crippen molar-refractivity contribution in [1.82, 2.24) is 15.3 Å². The van der Waals surface area contributed by atoms with E-state index in [1.54, 1.807) is 0 Å². The average molecular weight is 298 g/mol. The smallest absolute Gasteiger partial charge is 0.271 e. The van der Waals surface area contributed by atoms with Crippen molar-refractivity contribution in [3.05, 3.63) is 18.1 Å². The maximum Gasteiger partial charge on any atom is 0.271 e. The minimum atomic E-state index is -2.93. The number of aromatic nitrogens is 2. The SMILES string of the molecule is CC(C)NC(=O)c1cnc(NC2CCS(=O)(=O)C2)cn1. The van der Waals surface area contributed by atoms with Gasteiger partial charge < -0.3 is 10.6 Å². The normalized spacial score (nSPS) is 20.9. The summed E-state index contributed by atoms with van der Waals surface area (Å²) >= 11 is 0. The molecule has 20 heavy (non-hydrogen) atoms. The predicted octanol–water partition coefficient (Wildman–Crippen LogP) is 0.214. The molecule has 0 aliphatic carbocycles. The highest BCUT2D eigenvalue weighted by Crippen LogP contribution is 2.15. The van der Waals surface area contributed by atoms with Crippen LogP contribution in [0.2, 0.25) is 0 Å². The van der Waals surface area contributed by atoms with Gasteiger partial charge in [-0.3, -0.25) is 4.79 Å². The molecule has 2 rings (SSSR count). The number of hydrogen-bond donors (Lipinski definition) is 2. The first-order chi connectivity index (χ1) is 9.35. The van der Waals surface area contributed by atoms with E-state index in [1.165, 1.54) is 12.4 Å². The fraction of sp³-hybridized carbons (Fsp3) is 0.583. The Labute approximate surface area is 118 Å². The van der Waals surface area contributed by atoms with E-state index >= 15 is 0 Å². The fourth-order valence-electron chi connectivity index (χ4n) is 1.97. The van der Waals surface area contributed by atoms with Crippen LogP contribution in [0.15, 0.2) is 12.4 Å². The number of hydrogen-bond acceptors (Lipinski definition) is 6. The molecule has 1 unspecified atom stereocenters. The Morgan fingerprint density at radius 2 is 2.10 bits per heavy atom. The predicted molar refractivity (Wildman–Crippen MR) is 75.3 cm³/mol. The van der Waals surface area contributed by atoms with Crippen LogP contribution in [-0.4, -0.2) is 47.9 Å². The van der Waals surface area contributed by atoms with Crippen LogP contribution in [-0.2, 0) is 9.84 Å². The highest BCUT2D eigenvalue weighted by Gasteiger charge is 2.27. The Morgan fingerprint density at radius 1 is 1.35 bits per heavy atom. The first-order valence-electron chi connectivity index (χ1n) is 6.45. The molecule has 1 aliphatic heterocycles. The van der Waals surface area contributed by atoms with Gasteiger partial charge in [0.05, 0.1) is 23.9 Å². The highest BCUT2D eigenvalue weighted by atomic mass is 32.2. The van der Waals surface area contributed by atoms with Crippen molar-refractivity contribution in [3.8, 4) is 0 Å². The van der Waals surface area contributed by atoms with E-state index in [4.69, 9.17) is 0 Å². The molecular formula is C12H18N4O3S. The summed E-state index contributed by atoms with van der Waals surface area (Å²) in [5.74, 6) is 0.521. The van der Waals surface area contributed by atoms with Crippen LogP contribution < -0.4 is 10.6 Å². The number of amides is 1. The van der Waals surface area contributed by atoms with Crippen molar-refractivity contribution < 1.29 is 13.2 Å². The zero-order valence-electron chi connectivity index (χ0n) is 11.5. The maximum atomic E-state index is 11.7. The third-order valence-corrected chi connectivity index (χ3v) is 4.66. The number of anilines is 1. The molecule has 110 valence electrons. The lowest BCUT2D eigenvalue weighted by Gasteiger charge is -2.11. The van der Waals surface area contributed by atoms with Gasteiger partial charge in [0.15, 0.2) is 9.84 Å². The summed E-state index contributed by atoms with van der Waals surface area (Å²) in [6.07, 6.45) is 3.39. The molecule has 0 radical (unpaired) electrons. The van der Waals surface area contributed by atoms with E-state index in [0.717, 1.165) is 0 Å². The molecule has 1 aromatic rings. The van der Waals surface area contributed by atoms with Crippen LogP contribution in [0.25, 0.3) is 0 Å². The molecule has 0 spiro atoms. The summed E-state index contributed by atoms with van der Waals surface area (Å²) in [5.41, 5.74) is 0.239. The highest BCUT2D eigenvalue weighted by molar-refractivity contribution is 7.91. The van der Waals surface area contributed by atoms with Gasteiger partial charge in [0, 0.05) is 12.1 Å². The lowest BCUT2D eigenvalue weighted by molar-refractivity contribution is 0.0937. The molecular weight excluding hydrogens is 280 g/mol. The van der Waals surface area contributed by atoms with Crippen LogP contribution in [0.1, 0.15) is 30.8 Å². The summed E-state index contributed by atoms with van der Waals surface area (Å²) in [4.78, 5) is 19.8. The second-order valence-corrected chi connectivity index (χ2v) is 7.39. The van der Waals surface area contributed by atoms with E-state index in [2.05, 4.69) is 20.6 Å². The Morgan fingerprint density at radius 3 is 2.60 bits per heavy atom. The third-order valence-electron chi connectivity index (χ3n) is 2.89. The molecule has 1 saturated heterocycles. The Balaban J connectivity index is 1.97. The zero-order chi connectivity index (χ0) is 14.8. The Hall–Kier alpha value is -1.70. The molecule has 2 heterocycles. The second kappa shape index (κ2) is 5.74. The van der Waals surface area contributed by atoms with Gasteiger partial charge in [-0.05, 0) is 20.3 Å². The Bertz CT molecular complexity index is 583. The van der Waals surface area contributed by atoms with Crippen LogP contribution in [0.4, 0.5) is 5.82 Å².